The normalized spacial score (nSPS) is 10.8. The highest BCUT2D eigenvalue weighted by atomic mass is 16.5. The van der Waals surface area contributed by atoms with Gasteiger partial charge in [0.25, 0.3) is 0 Å². The molecule has 8 nitrogen and oxygen atoms in total. The third kappa shape index (κ3) is 3.73. The molecule has 8 heteroatoms. The molecular weight excluding hydrogens is 368 g/mol. The first-order chi connectivity index (χ1) is 14.0. The van der Waals surface area contributed by atoms with Gasteiger partial charge in [-0.05, 0) is 36.8 Å². The minimum atomic E-state index is -0.167. The number of benzene rings is 1. The molecule has 0 bridgehead atoms. The smallest absolute Gasteiger partial charge is 0.230 e. The predicted octanol–water partition coefficient (Wildman–Crippen LogP) is 3.10. The van der Waals surface area contributed by atoms with Gasteiger partial charge in [0.1, 0.15) is 17.4 Å². The van der Waals surface area contributed by atoms with Crippen LogP contribution in [0.2, 0.25) is 0 Å². The predicted molar refractivity (Wildman–Crippen MR) is 112 cm³/mol. The van der Waals surface area contributed by atoms with E-state index in [1.165, 1.54) is 0 Å². The van der Waals surface area contributed by atoms with E-state index in [0.717, 1.165) is 27.6 Å². The molecule has 0 atom stereocenters. The summed E-state index contributed by atoms with van der Waals surface area (Å²) in [4.78, 5) is 21.0. The van der Waals surface area contributed by atoms with Crippen LogP contribution >= 0.6 is 0 Å². The Labute approximate surface area is 167 Å². The fourth-order valence-corrected chi connectivity index (χ4v) is 3.24. The van der Waals surface area contributed by atoms with Crippen molar-refractivity contribution in [1.29, 1.82) is 0 Å². The highest BCUT2D eigenvalue weighted by molar-refractivity contribution is 5.99. The second-order valence-corrected chi connectivity index (χ2v) is 6.67. The summed E-state index contributed by atoms with van der Waals surface area (Å²) in [7, 11) is 1.59. The van der Waals surface area contributed by atoms with Crippen molar-refractivity contribution in [3.63, 3.8) is 0 Å². The molecule has 0 fully saturated rings. The van der Waals surface area contributed by atoms with Crippen molar-refractivity contribution in [1.82, 2.24) is 20.2 Å². The number of H-pyrrole nitrogens is 1. The lowest BCUT2D eigenvalue weighted by Crippen LogP contribution is -2.15. The van der Waals surface area contributed by atoms with Crippen LogP contribution in [0.3, 0.4) is 0 Å². The van der Waals surface area contributed by atoms with Gasteiger partial charge in [0.05, 0.1) is 18.9 Å². The maximum absolute atomic E-state index is 12.5. The van der Waals surface area contributed by atoms with E-state index in [-0.39, 0.29) is 12.3 Å². The zero-order valence-electron chi connectivity index (χ0n) is 16.1. The van der Waals surface area contributed by atoms with Crippen LogP contribution < -0.4 is 15.8 Å². The van der Waals surface area contributed by atoms with Crippen LogP contribution in [-0.4, -0.2) is 33.2 Å². The molecular formula is C21H20N6O2. The Morgan fingerprint density at radius 1 is 1.21 bits per heavy atom. The Hall–Kier alpha value is -3.94. The van der Waals surface area contributed by atoms with E-state index in [0.29, 0.717) is 23.0 Å². The van der Waals surface area contributed by atoms with Crippen LogP contribution in [0, 0.1) is 6.92 Å². The average molecular weight is 388 g/mol. The topological polar surface area (TPSA) is 119 Å². The Balaban J connectivity index is 1.52. The molecule has 3 aromatic heterocycles. The fourth-order valence-electron chi connectivity index (χ4n) is 3.24. The van der Waals surface area contributed by atoms with Crippen molar-refractivity contribution in [2.75, 3.05) is 18.2 Å². The van der Waals surface area contributed by atoms with Gasteiger partial charge in [-0.25, -0.2) is 9.97 Å². The number of nitrogens with two attached hydrogens (primary N) is 1. The summed E-state index contributed by atoms with van der Waals surface area (Å²) in [6.07, 6.45) is 3.55. The number of aromatic amines is 1. The summed E-state index contributed by atoms with van der Waals surface area (Å²) < 4.78 is 5.34. The number of anilines is 2. The Morgan fingerprint density at radius 2 is 2.07 bits per heavy atom. The van der Waals surface area contributed by atoms with Crippen LogP contribution in [0.1, 0.15) is 11.1 Å². The second kappa shape index (κ2) is 7.59. The van der Waals surface area contributed by atoms with Crippen LogP contribution in [0.4, 0.5) is 11.6 Å². The van der Waals surface area contributed by atoms with Crippen LogP contribution in [0.25, 0.3) is 22.2 Å². The molecule has 1 aromatic carbocycles. The van der Waals surface area contributed by atoms with Gasteiger partial charge in [-0.15, -0.1) is 0 Å². The van der Waals surface area contributed by atoms with Gasteiger partial charge in [0.15, 0.2) is 5.65 Å². The lowest BCUT2D eigenvalue weighted by molar-refractivity contribution is -0.115. The number of ether oxygens (including phenoxy) is 1. The molecule has 0 aliphatic carbocycles. The van der Waals surface area contributed by atoms with Crippen molar-refractivity contribution < 1.29 is 9.53 Å². The quantitative estimate of drug-likeness (QED) is 0.483. The third-order valence-corrected chi connectivity index (χ3v) is 4.61. The Kier molecular flexibility index (Phi) is 4.82. The second-order valence-electron chi connectivity index (χ2n) is 6.67. The number of hydrogen-bond acceptors (Lipinski definition) is 6. The minimum absolute atomic E-state index is 0.167. The summed E-state index contributed by atoms with van der Waals surface area (Å²) in [5.74, 6) is 1.44. The maximum atomic E-state index is 12.5. The van der Waals surface area contributed by atoms with Gasteiger partial charge >= 0.3 is 0 Å². The van der Waals surface area contributed by atoms with Crippen LogP contribution in [-0.2, 0) is 11.2 Å². The number of aromatic nitrogens is 4. The number of nitrogens with zero attached hydrogens (tertiary/aromatic N) is 3. The lowest BCUT2D eigenvalue weighted by atomic mass is 10.1. The first-order valence-corrected chi connectivity index (χ1v) is 9.03. The van der Waals surface area contributed by atoms with E-state index in [1.54, 1.807) is 25.6 Å². The number of aryl methyl sites for hydroxylation is 1. The summed E-state index contributed by atoms with van der Waals surface area (Å²) in [6.45, 7) is 1.98. The molecule has 0 aliphatic rings. The SMILES string of the molecule is COc1ccc(C)cc1CC(=O)Nc1ccc(-c2ccnc3n[nH]c(N)c23)cn1. The first kappa shape index (κ1) is 18.4. The monoisotopic (exact) mass is 388 g/mol. The lowest BCUT2D eigenvalue weighted by Gasteiger charge is -2.10. The molecule has 4 aromatic rings. The molecule has 0 aliphatic heterocycles. The van der Waals surface area contributed by atoms with E-state index in [4.69, 9.17) is 10.5 Å². The zero-order valence-corrected chi connectivity index (χ0v) is 16.1. The van der Waals surface area contributed by atoms with Crippen LogP contribution in [0.5, 0.6) is 5.75 Å². The van der Waals surface area contributed by atoms with E-state index in [1.807, 2.05) is 37.3 Å². The van der Waals surface area contributed by atoms with Gasteiger partial charge in [-0.1, -0.05) is 17.7 Å². The molecule has 0 saturated heterocycles. The Morgan fingerprint density at radius 3 is 2.83 bits per heavy atom. The number of nitrogen functional groups attached to an aromatic ring is 1. The molecule has 0 unspecified atom stereocenters. The Bertz CT molecular complexity index is 1180. The number of hydrogen-bond donors (Lipinski definition) is 3. The molecule has 146 valence electrons. The van der Waals surface area contributed by atoms with Crippen molar-refractivity contribution in [2.45, 2.75) is 13.3 Å². The highest BCUT2D eigenvalue weighted by Gasteiger charge is 2.13. The number of carbonyl (C=O) groups excluding carboxylic acids is 1. The molecule has 0 spiro atoms. The summed E-state index contributed by atoms with van der Waals surface area (Å²) in [6, 6.07) is 11.2. The molecule has 4 N–H and O–H groups in total. The van der Waals surface area contributed by atoms with E-state index in [9.17, 15) is 4.79 Å². The number of rotatable bonds is 5. The number of carbonyl (C=O) groups is 1. The van der Waals surface area contributed by atoms with Gasteiger partial charge in [0, 0.05) is 23.5 Å². The van der Waals surface area contributed by atoms with Gasteiger partial charge < -0.3 is 15.8 Å². The number of amides is 1. The van der Waals surface area contributed by atoms with Crippen molar-refractivity contribution in [3.05, 3.63) is 59.9 Å². The average Bonchev–Trinajstić information content (AvgIpc) is 3.10. The zero-order chi connectivity index (χ0) is 20.4. The number of nitrogens with one attached hydrogen (secondary N) is 2. The molecule has 1 amide bonds. The molecule has 0 radical (unpaired) electrons. The summed E-state index contributed by atoms with van der Waals surface area (Å²) in [5.41, 5.74) is 10.1. The highest BCUT2D eigenvalue weighted by Crippen LogP contribution is 2.30. The number of pyridine rings is 2. The minimum Gasteiger partial charge on any atom is -0.496 e. The third-order valence-electron chi connectivity index (χ3n) is 4.61. The largest absolute Gasteiger partial charge is 0.496 e. The molecule has 3 heterocycles. The van der Waals surface area contributed by atoms with Crippen molar-refractivity contribution in [3.8, 4) is 16.9 Å². The van der Waals surface area contributed by atoms with Gasteiger partial charge in [0.2, 0.25) is 5.91 Å². The van der Waals surface area contributed by atoms with Crippen molar-refractivity contribution in [2.24, 2.45) is 0 Å². The standard InChI is InChI=1S/C21H20N6O2/c1-12-3-5-16(29-2)14(9-12)10-18(28)25-17-6-4-13(11-24-17)15-7-8-23-21-19(15)20(22)26-27-21/h3-9,11H,10H2,1-2H3,(H,24,25,28)(H3,22,23,26,27). The molecule has 0 saturated carbocycles. The van der Waals surface area contributed by atoms with Gasteiger partial charge in [-0.3, -0.25) is 9.89 Å². The van der Waals surface area contributed by atoms with Gasteiger partial charge in [-0.2, -0.15) is 5.10 Å². The molecule has 4 rings (SSSR count). The number of methoxy groups -OCH3 is 1. The van der Waals surface area contributed by atoms with E-state index >= 15 is 0 Å². The van der Waals surface area contributed by atoms with Crippen LogP contribution in [0.15, 0.2) is 48.8 Å². The molecule has 29 heavy (non-hydrogen) atoms. The maximum Gasteiger partial charge on any atom is 0.230 e. The fraction of sp³-hybridized carbons (Fsp3) is 0.143. The van der Waals surface area contributed by atoms with E-state index in [2.05, 4.69) is 25.5 Å². The van der Waals surface area contributed by atoms with Crippen molar-refractivity contribution >= 4 is 28.6 Å². The first-order valence-electron chi connectivity index (χ1n) is 9.03. The van der Waals surface area contributed by atoms with E-state index < -0.39 is 0 Å². The number of fused-ring (bicyclic) bond motifs is 1. The summed E-state index contributed by atoms with van der Waals surface area (Å²) >= 11 is 0. The summed E-state index contributed by atoms with van der Waals surface area (Å²) in [5, 5.41) is 10.4.